The molecule has 126 valence electrons. The van der Waals surface area contributed by atoms with Crippen LogP contribution in [0.4, 0.5) is 5.69 Å². The number of benzene rings is 2. The van der Waals surface area contributed by atoms with Crippen LogP contribution in [0.2, 0.25) is 0 Å². The average molecular weight is 389 g/mol. The Labute approximate surface area is 150 Å². The lowest BCUT2D eigenvalue weighted by Crippen LogP contribution is -2.20. The summed E-state index contributed by atoms with van der Waals surface area (Å²) in [5.41, 5.74) is 2.07. The van der Waals surface area contributed by atoms with Crippen molar-refractivity contribution in [2.24, 2.45) is 0 Å². The zero-order valence-corrected chi connectivity index (χ0v) is 15.1. The van der Waals surface area contributed by atoms with Gasteiger partial charge in [-0.1, -0.05) is 28.1 Å². The van der Waals surface area contributed by atoms with Gasteiger partial charge in [0.25, 0.3) is 5.91 Å². The van der Waals surface area contributed by atoms with E-state index < -0.39 is 0 Å². The summed E-state index contributed by atoms with van der Waals surface area (Å²) in [6, 6.07) is 15.5. The van der Waals surface area contributed by atoms with E-state index in [1.807, 2.05) is 36.4 Å². The number of nitrogens with zero attached hydrogens (tertiary/aromatic N) is 1. The number of halogens is 1. The molecule has 1 saturated heterocycles. The molecule has 1 aliphatic rings. The standard InChI is InChI=1S/C19H21BrN2O2/c20-16-5-9-18(10-6-16)24-14-19(23)21-17-7-3-15(4-8-17)13-22-11-1-2-12-22/h3-10H,1-2,11-14H2,(H,21,23). The monoisotopic (exact) mass is 388 g/mol. The second-order valence-electron chi connectivity index (χ2n) is 5.97. The normalized spacial score (nSPS) is 14.5. The van der Waals surface area contributed by atoms with Crippen LogP contribution in [0.5, 0.6) is 5.75 Å². The van der Waals surface area contributed by atoms with Gasteiger partial charge in [0.15, 0.2) is 6.61 Å². The van der Waals surface area contributed by atoms with Crippen molar-refractivity contribution in [2.75, 3.05) is 25.0 Å². The number of hydrogen-bond acceptors (Lipinski definition) is 3. The summed E-state index contributed by atoms with van der Waals surface area (Å²) < 4.78 is 6.45. The molecular formula is C19H21BrN2O2. The van der Waals surface area contributed by atoms with Crippen LogP contribution < -0.4 is 10.1 Å². The van der Waals surface area contributed by atoms with Gasteiger partial charge in [0.1, 0.15) is 5.75 Å². The van der Waals surface area contributed by atoms with E-state index in [0.29, 0.717) is 5.75 Å². The van der Waals surface area contributed by atoms with Crippen LogP contribution in [0.3, 0.4) is 0 Å². The second-order valence-corrected chi connectivity index (χ2v) is 6.89. The van der Waals surface area contributed by atoms with Crippen LogP contribution in [0, 0.1) is 0 Å². The minimum Gasteiger partial charge on any atom is -0.484 e. The predicted octanol–water partition coefficient (Wildman–Crippen LogP) is 4.06. The molecule has 0 aliphatic carbocycles. The Morgan fingerprint density at radius 1 is 1.04 bits per heavy atom. The Balaban J connectivity index is 1.46. The zero-order valence-electron chi connectivity index (χ0n) is 13.5. The molecule has 1 fully saturated rings. The maximum atomic E-state index is 12.0. The molecule has 5 heteroatoms. The lowest BCUT2D eigenvalue weighted by atomic mass is 10.2. The molecule has 24 heavy (non-hydrogen) atoms. The second kappa shape index (κ2) is 8.31. The summed E-state index contributed by atoms with van der Waals surface area (Å²) in [4.78, 5) is 14.4. The van der Waals surface area contributed by atoms with Crippen molar-refractivity contribution in [3.05, 3.63) is 58.6 Å². The first-order valence-electron chi connectivity index (χ1n) is 8.18. The summed E-state index contributed by atoms with van der Waals surface area (Å²) >= 11 is 3.36. The number of anilines is 1. The zero-order chi connectivity index (χ0) is 16.8. The summed E-state index contributed by atoms with van der Waals surface area (Å²) in [5, 5.41) is 2.86. The SMILES string of the molecule is O=C(COc1ccc(Br)cc1)Nc1ccc(CN2CCCC2)cc1. The molecule has 2 aromatic rings. The van der Waals surface area contributed by atoms with Gasteiger partial charge in [0, 0.05) is 16.7 Å². The summed E-state index contributed by atoms with van der Waals surface area (Å²) in [7, 11) is 0. The van der Waals surface area contributed by atoms with Crippen molar-refractivity contribution in [1.82, 2.24) is 4.90 Å². The molecule has 1 aliphatic heterocycles. The molecule has 0 atom stereocenters. The molecule has 0 radical (unpaired) electrons. The molecule has 1 N–H and O–H groups in total. The maximum absolute atomic E-state index is 12.0. The van der Waals surface area contributed by atoms with Gasteiger partial charge in [0.05, 0.1) is 0 Å². The first-order chi connectivity index (χ1) is 11.7. The van der Waals surface area contributed by atoms with E-state index in [0.717, 1.165) is 16.7 Å². The highest BCUT2D eigenvalue weighted by atomic mass is 79.9. The number of ether oxygens (including phenoxy) is 1. The minimum absolute atomic E-state index is 0.00282. The van der Waals surface area contributed by atoms with Crippen LogP contribution >= 0.6 is 15.9 Å². The lowest BCUT2D eigenvalue weighted by Gasteiger charge is -2.14. The number of amides is 1. The van der Waals surface area contributed by atoms with Crippen molar-refractivity contribution in [3.8, 4) is 5.75 Å². The number of hydrogen-bond donors (Lipinski definition) is 1. The third-order valence-electron chi connectivity index (χ3n) is 4.03. The van der Waals surface area contributed by atoms with E-state index in [4.69, 9.17) is 4.74 Å². The molecule has 1 amide bonds. The average Bonchev–Trinajstić information content (AvgIpc) is 3.09. The number of likely N-dealkylation sites (tertiary alicyclic amines) is 1. The van der Waals surface area contributed by atoms with E-state index in [9.17, 15) is 4.79 Å². The maximum Gasteiger partial charge on any atom is 0.262 e. The predicted molar refractivity (Wildman–Crippen MR) is 99.2 cm³/mol. The van der Waals surface area contributed by atoms with Gasteiger partial charge in [-0.05, 0) is 67.9 Å². The molecule has 0 aromatic heterocycles. The fraction of sp³-hybridized carbons (Fsp3) is 0.316. The number of nitrogens with one attached hydrogen (secondary N) is 1. The van der Waals surface area contributed by atoms with Crippen LogP contribution in [0.1, 0.15) is 18.4 Å². The van der Waals surface area contributed by atoms with Gasteiger partial charge in [-0.2, -0.15) is 0 Å². The topological polar surface area (TPSA) is 41.6 Å². The summed E-state index contributed by atoms with van der Waals surface area (Å²) in [5.74, 6) is 0.513. The first-order valence-corrected chi connectivity index (χ1v) is 8.98. The lowest BCUT2D eigenvalue weighted by molar-refractivity contribution is -0.118. The molecular weight excluding hydrogens is 368 g/mol. The minimum atomic E-state index is -0.162. The van der Waals surface area contributed by atoms with E-state index in [1.165, 1.54) is 31.5 Å². The molecule has 4 nitrogen and oxygen atoms in total. The van der Waals surface area contributed by atoms with Crippen molar-refractivity contribution < 1.29 is 9.53 Å². The smallest absolute Gasteiger partial charge is 0.262 e. The van der Waals surface area contributed by atoms with Crippen molar-refractivity contribution >= 4 is 27.5 Å². The van der Waals surface area contributed by atoms with E-state index >= 15 is 0 Å². The quantitative estimate of drug-likeness (QED) is 0.810. The number of carbonyl (C=O) groups is 1. The molecule has 0 spiro atoms. The van der Waals surface area contributed by atoms with Crippen molar-refractivity contribution in [2.45, 2.75) is 19.4 Å². The van der Waals surface area contributed by atoms with Crippen molar-refractivity contribution in [3.63, 3.8) is 0 Å². The van der Waals surface area contributed by atoms with E-state index in [1.54, 1.807) is 0 Å². The Morgan fingerprint density at radius 2 is 1.71 bits per heavy atom. The third kappa shape index (κ3) is 5.08. The molecule has 2 aromatic carbocycles. The van der Waals surface area contributed by atoms with Crippen LogP contribution in [0.15, 0.2) is 53.0 Å². The van der Waals surface area contributed by atoms with Crippen LogP contribution in [-0.4, -0.2) is 30.5 Å². The van der Waals surface area contributed by atoms with Crippen LogP contribution in [0.25, 0.3) is 0 Å². The molecule has 1 heterocycles. The van der Waals surface area contributed by atoms with Gasteiger partial charge in [-0.3, -0.25) is 9.69 Å². The highest BCUT2D eigenvalue weighted by molar-refractivity contribution is 9.10. The molecule has 0 bridgehead atoms. The molecule has 3 rings (SSSR count). The Kier molecular flexibility index (Phi) is 5.88. The molecule has 0 unspecified atom stereocenters. The Morgan fingerprint density at radius 3 is 2.38 bits per heavy atom. The van der Waals surface area contributed by atoms with Crippen LogP contribution in [-0.2, 0) is 11.3 Å². The summed E-state index contributed by atoms with van der Waals surface area (Å²) in [6.45, 7) is 3.36. The van der Waals surface area contributed by atoms with Gasteiger partial charge in [0.2, 0.25) is 0 Å². The van der Waals surface area contributed by atoms with Crippen molar-refractivity contribution in [1.29, 1.82) is 0 Å². The van der Waals surface area contributed by atoms with Gasteiger partial charge in [-0.15, -0.1) is 0 Å². The first kappa shape index (κ1) is 17.0. The van der Waals surface area contributed by atoms with E-state index in [-0.39, 0.29) is 12.5 Å². The highest BCUT2D eigenvalue weighted by Crippen LogP contribution is 2.17. The fourth-order valence-corrected chi connectivity index (χ4v) is 3.03. The van der Waals surface area contributed by atoms with E-state index in [2.05, 4.69) is 38.3 Å². The van der Waals surface area contributed by atoms with Gasteiger partial charge < -0.3 is 10.1 Å². The van der Waals surface area contributed by atoms with Gasteiger partial charge >= 0.3 is 0 Å². The molecule has 0 saturated carbocycles. The van der Waals surface area contributed by atoms with Gasteiger partial charge in [-0.25, -0.2) is 0 Å². The largest absolute Gasteiger partial charge is 0.484 e. The number of rotatable bonds is 6. The Hall–Kier alpha value is -1.85. The highest BCUT2D eigenvalue weighted by Gasteiger charge is 2.11. The summed E-state index contributed by atoms with van der Waals surface area (Å²) in [6.07, 6.45) is 2.60. The Bertz CT molecular complexity index is 665. The fourth-order valence-electron chi connectivity index (χ4n) is 2.77. The third-order valence-corrected chi connectivity index (χ3v) is 4.55. The number of carbonyl (C=O) groups excluding carboxylic acids is 1.